The van der Waals surface area contributed by atoms with E-state index in [4.69, 9.17) is 11.6 Å². The highest BCUT2D eigenvalue weighted by molar-refractivity contribution is 7.21. The van der Waals surface area contributed by atoms with Crippen LogP contribution >= 0.6 is 22.9 Å². The highest BCUT2D eigenvalue weighted by Gasteiger charge is 2.35. The molecule has 2 heterocycles. The van der Waals surface area contributed by atoms with Crippen LogP contribution in [-0.4, -0.2) is 35.1 Å². The van der Waals surface area contributed by atoms with Gasteiger partial charge >= 0.3 is 0 Å². The molecule has 0 saturated carbocycles. The van der Waals surface area contributed by atoms with E-state index >= 15 is 0 Å². The summed E-state index contributed by atoms with van der Waals surface area (Å²) in [5, 5.41) is 10.9. The van der Waals surface area contributed by atoms with Gasteiger partial charge in [-0.25, -0.2) is 0 Å². The first-order valence-electron chi connectivity index (χ1n) is 6.72. The standard InChI is InChI=1S/C15H16ClNO2S/c1-9-6-7-17(11(9)8-18)15(19)14-13(16)10-4-2-3-5-12(10)20-14/h2-5,9,11,18H,6-8H2,1H3. The van der Waals surface area contributed by atoms with Crippen molar-refractivity contribution in [1.29, 1.82) is 0 Å². The van der Waals surface area contributed by atoms with Crippen molar-refractivity contribution in [3.05, 3.63) is 34.2 Å². The van der Waals surface area contributed by atoms with Gasteiger partial charge in [0.2, 0.25) is 0 Å². The summed E-state index contributed by atoms with van der Waals surface area (Å²) in [6.07, 6.45) is 0.930. The predicted octanol–water partition coefficient (Wildman–Crippen LogP) is 3.40. The molecule has 0 aliphatic carbocycles. The second-order valence-corrected chi connectivity index (χ2v) is 6.69. The van der Waals surface area contributed by atoms with Crippen molar-refractivity contribution in [2.45, 2.75) is 19.4 Å². The van der Waals surface area contributed by atoms with Gasteiger partial charge in [0.25, 0.3) is 5.91 Å². The Labute approximate surface area is 126 Å². The molecule has 0 spiro atoms. The summed E-state index contributed by atoms with van der Waals surface area (Å²) in [4.78, 5) is 15.0. The van der Waals surface area contributed by atoms with Gasteiger partial charge in [0.05, 0.1) is 17.7 Å². The lowest BCUT2D eigenvalue weighted by Crippen LogP contribution is -2.39. The molecule has 1 aromatic carbocycles. The quantitative estimate of drug-likeness (QED) is 0.923. The van der Waals surface area contributed by atoms with Gasteiger partial charge in [0, 0.05) is 16.6 Å². The molecular weight excluding hydrogens is 294 g/mol. The Morgan fingerprint density at radius 2 is 2.25 bits per heavy atom. The van der Waals surface area contributed by atoms with Gasteiger partial charge in [-0.2, -0.15) is 0 Å². The number of likely N-dealkylation sites (tertiary alicyclic amines) is 1. The molecule has 1 aliphatic heterocycles. The van der Waals surface area contributed by atoms with Crippen LogP contribution in [0.2, 0.25) is 5.02 Å². The first-order chi connectivity index (χ1) is 9.63. The lowest BCUT2D eigenvalue weighted by atomic mass is 10.0. The zero-order chi connectivity index (χ0) is 14.3. The van der Waals surface area contributed by atoms with Crippen molar-refractivity contribution in [2.75, 3.05) is 13.2 Å². The monoisotopic (exact) mass is 309 g/mol. The summed E-state index contributed by atoms with van der Waals surface area (Å²) < 4.78 is 1.02. The number of hydrogen-bond acceptors (Lipinski definition) is 3. The van der Waals surface area contributed by atoms with Crippen molar-refractivity contribution >= 4 is 38.9 Å². The van der Waals surface area contributed by atoms with Crippen molar-refractivity contribution in [3.8, 4) is 0 Å². The van der Waals surface area contributed by atoms with E-state index in [1.54, 1.807) is 4.90 Å². The molecule has 2 atom stereocenters. The second kappa shape index (κ2) is 5.35. The second-order valence-electron chi connectivity index (χ2n) is 5.26. The highest BCUT2D eigenvalue weighted by atomic mass is 35.5. The van der Waals surface area contributed by atoms with Crippen LogP contribution in [0.3, 0.4) is 0 Å². The van der Waals surface area contributed by atoms with Gasteiger partial charge in [0.15, 0.2) is 0 Å². The van der Waals surface area contributed by atoms with Gasteiger partial charge in [-0.05, 0) is 18.4 Å². The molecular formula is C15H16ClNO2S. The van der Waals surface area contributed by atoms with Gasteiger partial charge in [-0.15, -0.1) is 11.3 Å². The van der Waals surface area contributed by atoms with Gasteiger partial charge < -0.3 is 10.0 Å². The predicted molar refractivity (Wildman–Crippen MR) is 82.5 cm³/mol. The molecule has 3 rings (SSSR count). The lowest BCUT2D eigenvalue weighted by molar-refractivity contribution is 0.0653. The van der Waals surface area contributed by atoms with E-state index in [1.807, 2.05) is 24.3 Å². The van der Waals surface area contributed by atoms with Crippen LogP contribution < -0.4 is 0 Å². The van der Waals surface area contributed by atoms with Crippen LogP contribution in [0.15, 0.2) is 24.3 Å². The average molecular weight is 310 g/mol. The lowest BCUT2D eigenvalue weighted by Gasteiger charge is -2.24. The number of aliphatic hydroxyl groups is 1. The summed E-state index contributed by atoms with van der Waals surface area (Å²) in [5.74, 6) is 0.275. The fourth-order valence-corrected chi connectivity index (χ4v) is 4.29. The maximum atomic E-state index is 12.7. The van der Waals surface area contributed by atoms with Gasteiger partial charge in [-0.1, -0.05) is 36.7 Å². The number of carbonyl (C=O) groups excluding carboxylic acids is 1. The van der Waals surface area contributed by atoms with Crippen molar-refractivity contribution in [3.63, 3.8) is 0 Å². The van der Waals surface area contributed by atoms with Crippen molar-refractivity contribution in [2.24, 2.45) is 5.92 Å². The molecule has 1 saturated heterocycles. The van der Waals surface area contributed by atoms with Crippen LogP contribution in [0.5, 0.6) is 0 Å². The van der Waals surface area contributed by atoms with E-state index < -0.39 is 0 Å². The number of carbonyl (C=O) groups is 1. The third-order valence-electron chi connectivity index (χ3n) is 4.06. The number of nitrogens with zero attached hydrogens (tertiary/aromatic N) is 1. The fraction of sp³-hybridized carbons (Fsp3) is 0.400. The molecule has 0 bridgehead atoms. The maximum Gasteiger partial charge on any atom is 0.265 e. The third-order valence-corrected chi connectivity index (χ3v) is 5.72. The number of thiophene rings is 1. The average Bonchev–Trinajstić information content (AvgIpc) is 2.99. The summed E-state index contributed by atoms with van der Waals surface area (Å²) in [7, 11) is 0. The molecule has 1 N–H and O–H groups in total. The molecule has 1 amide bonds. The molecule has 5 heteroatoms. The molecule has 106 valence electrons. The van der Waals surface area contributed by atoms with E-state index in [1.165, 1.54) is 11.3 Å². The molecule has 1 aliphatic rings. The molecule has 2 unspecified atom stereocenters. The van der Waals surface area contributed by atoms with E-state index in [0.29, 0.717) is 22.4 Å². The summed E-state index contributed by atoms with van der Waals surface area (Å²) in [6, 6.07) is 7.67. The fourth-order valence-electron chi connectivity index (χ4n) is 2.82. The SMILES string of the molecule is CC1CCN(C(=O)c2sc3ccccc3c2Cl)C1CO. The van der Waals surface area contributed by atoms with E-state index in [-0.39, 0.29) is 18.6 Å². The van der Waals surface area contributed by atoms with Crippen molar-refractivity contribution < 1.29 is 9.90 Å². The first kappa shape index (κ1) is 13.9. The largest absolute Gasteiger partial charge is 0.394 e. The maximum absolute atomic E-state index is 12.7. The summed E-state index contributed by atoms with van der Waals surface area (Å²) >= 11 is 7.79. The van der Waals surface area contributed by atoms with Crippen LogP contribution in [0.4, 0.5) is 0 Å². The molecule has 1 fully saturated rings. The Bertz CT molecular complexity index is 654. The Hall–Kier alpha value is -1.10. The minimum Gasteiger partial charge on any atom is -0.394 e. The molecule has 20 heavy (non-hydrogen) atoms. The molecule has 0 radical (unpaired) electrons. The number of aliphatic hydroxyl groups excluding tert-OH is 1. The summed E-state index contributed by atoms with van der Waals surface area (Å²) in [5.41, 5.74) is 0. The minimum atomic E-state index is -0.0937. The first-order valence-corrected chi connectivity index (χ1v) is 7.91. The third kappa shape index (κ3) is 2.12. The molecule has 1 aromatic heterocycles. The number of halogens is 1. The Balaban J connectivity index is 1.99. The Morgan fingerprint density at radius 3 is 2.95 bits per heavy atom. The van der Waals surface area contributed by atoms with Crippen molar-refractivity contribution in [1.82, 2.24) is 4.90 Å². The smallest absolute Gasteiger partial charge is 0.265 e. The minimum absolute atomic E-state index is 0.00935. The molecule has 3 nitrogen and oxygen atoms in total. The van der Waals surface area contributed by atoms with Crippen LogP contribution in [0, 0.1) is 5.92 Å². The van der Waals surface area contributed by atoms with Crippen LogP contribution in [-0.2, 0) is 0 Å². The van der Waals surface area contributed by atoms with E-state index in [2.05, 4.69) is 6.92 Å². The number of amides is 1. The van der Waals surface area contributed by atoms with E-state index in [9.17, 15) is 9.90 Å². The number of hydrogen-bond donors (Lipinski definition) is 1. The Morgan fingerprint density at radius 1 is 1.50 bits per heavy atom. The van der Waals surface area contributed by atoms with Crippen LogP contribution in [0.1, 0.15) is 23.0 Å². The van der Waals surface area contributed by atoms with Gasteiger partial charge in [-0.3, -0.25) is 4.79 Å². The Kier molecular flexibility index (Phi) is 3.71. The molecule has 2 aromatic rings. The number of rotatable bonds is 2. The van der Waals surface area contributed by atoms with Gasteiger partial charge in [0.1, 0.15) is 4.88 Å². The number of benzene rings is 1. The highest BCUT2D eigenvalue weighted by Crippen LogP contribution is 2.37. The zero-order valence-corrected chi connectivity index (χ0v) is 12.7. The summed E-state index contributed by atoms with van der Waals surface area (Å²) in [6.45, 7) is 2.77. The van der Waals surface area contributed by atoms with E-state index in [0.717, 1.165) is 16.5 Å². The van der Waals surface area contributed by atoms with Crippen LogP contribution in [0.25, 0.3) is 10.1 Å². The topological polar surface area (TPSA) is 40.5 Å². The number of fused-ring (bicyclic) bond motifs is 1. The zero-order valence-electron chi connectivity index (χ0n) is 11.2. The normalized spacial score (nSPS) is 22.6.